The number of hydrogen-bond donors (Lipinski definition) is 0. The standard InChI is InChI=1S/C17H12Cl2N2O2S/c1-24(22,23)14-8-4-12(5-9-14)17-15(10-16(19)20-21-17)11-2-6-13(18)7-3-11/h2-10H,1H3. The average molecular weight is 379 g/mol. The molecule has 3 aromatic rings. The highest BCUT2D eigenvalue weighted by atomic mass is 35.5. The van der Waals surface area contributed by atoms with Crippen LogP contribution in [0.3, 0.4) is 0 Å². The van der Waals surface area contributed by atoms with Gasteiger partial charge in [0.05, 0.1) is 4.90 Å². The van der Waals surface area contributed by atoms with Gasteiger partial charge in [0.1, 0.15) is 5.69 Å². The van der Waals surface area contributed by atoms with Crippen LogP contribution in [0.15, 0.2) is 59.5 Å². The molecule has 0 radical (unpaired) electrons. The number of nitrogens with zero attached hydrogens (tertiary/aromatic N) is 2. The smallest absolute Gasteiger partial charge is 0.175 e. The van der Waals surface area contributed by atoms with Gasteiger partial charge >= 0.3 is 0 Å². The first-order valence-electron chi connectivity index (χ1n) is 6.94. The summed E-state index contributed by atoms with van der Waals surface area (Å²) in [6.07, 6.45) is 1.17. The predicted octanol–water partition coefficient (Wildman–Crippen LogP) is 4.52. The summed E-state index contributed by atoms with van der Waals surface area (Å²) in [5, 5.41) is 8.98. The summed E-state index contributed by atoms with van der Waals surface area (Å²) < 4.78 is 23.2. The van der Waals surface area contributed by atoms with E-state index in [0.717, 1.165) is 16.7 Å². The van der Waals surface area contributed by atoms with Gasteiger partial charge in [-0.1, -0.05) is 47.5 Å². The van der Waals surface area contributed by atoms with Crippen molar-refractivity contribution in [3.63, 3.8) is 0 Å². The quantitative estimate of drug-likeness (QED) is 0.671. The molecular formula is C17H12Cl2N2O2S. The average Bonchev–Trinajstić information content (AvgIpc) is 2.55. The van der Waals surface area contributed by atoms with Crippen molar-refractivity contribution in [2.75, 3.05) is 6.26 Å². The van der Waals surface area contributed by atoms with E-state index in [2.05, 4.69) is 10.2 Å². The normalized spacial score (nSPS) is 11.5. The summed E-state index contributed by atoms with van der Waals surface area (Å²) in [5.74, 6) is 0. The SMILES string of the molecule is CS(=O)(=O)c1ccc(-c2nnc(Cl)cc2-c2ccc(Cl)cc2)cc1. The van der Waals surface area contributed by atoms with Crippen LogP contribution >= 0.6 is 23.2 Å². The molecule has 0 fully saturated rings. The fourth-order valence-corrected chi connectivity index (χ4v) is 3.19. The minimum Gasteiger partial charge on any atom is -0.224 e. The van der Waals surface area contributed by atoms with Gasteiger partial charge in [0, 0.05) is 22.4 Å². The van der Waals surface area contributed by atoms with E-state index < -0.39 is 9.84 Å². The highest BCUT2D eigenvalue weighted by Gasteiger charge is 2.13. The summed E-state index contributed by atoms with van der Waals surface area (Å²) in [5.41, 5.74) is 3.04. The van der Waals surface area contributed by atoms with Crippen molar-refractivity contribution in [1.29, 1.82) is 0 Å². The van der Waals surface area contributed by atoms with Gasteiger partial charge in [-0.05, 0) is 35.9 Å². The Bertz CT molecular complexity index is 986. The molecule has 2 aromatic carbocycles. The van der Waals surface area contributed by atoms with Crippen LogP contribution in [0, 0.1) is 0 Å². The van der Waals surface area contributed by atoms with Gasteiger partial charge in [-0.3, -0.25) is 0 Å². The molecular weight excluding hydrogens is 367 g/mol. The zero-order valence-corrected chi connectivity index (χ0v) is 14.9. The number of hydrogen-bond acceptors (Lipinski definition) is 4. The summed E-state index contributed by atoms with van der Waals surface area (Å²) in [7, 11) is -3.25. The van der Waals surface area contributed by atoms with Crippen LogP contribution in [0.1, 0.15) is 0 Å². The maximum atomic E-state index is 11.6. The van der Waals surface area contributed by atoms with E-state index in [-0.39, 0.29) is 10.0 Å². The second kappa shape index (κ2) is 6.51. The van der Waals surface area contributed by atoms with Crippen molar-refractivity contribution >= 4 is 33.0 Å². The Labute approximate surface area is 150 Å². The Balaban J connectivity index is 2.13. The van der Waals surface area contributed by atoms with Crippen molar-refractivity contribution in [3.8, 4) is 22.4 Å². The second-order valence-corrected chi connectivity index (χ2v) is 8.07. The maximum Gasteiger partial charge on any atom is 0.175 e. The maximum absolute atomic E-state index is 11.6. The van der Waals surface area contributed by atoms with Crippen LogP contribution in [0.4, 0.5) is 0 Å². The molecule has 1 aromatic heterocycles. The Morgan fingerprint density at radius 3 is 2.00 bits per heavy atom. The fraction of sp³-hybridized carbons (Fsp3) is 0.0588. The highest BCUT2D eigenvalue weighted by Crippen LogP contribution is 2.32. The van der Waals surface area contributed by atoms with Crippen LogP contribution < -0.4 is 0 Å². The van der Waals surface area contributed by atoms with Gasteiger partial charge in [0.25, 0.3) is 0 Å². The zero-order valence-electron chi connectivity index (χ0n) is 12.6. The number of rotatable bonds is 3. The summed E-state index contributed by atoms with van der Waals surface area (Å²) >= 11 is 11.9. The third-order valence-corrected chi connectivity index (χ3v) is 5.04. The molecule has 0 saturated carbocycles. The molecule has 0 amide bonds. The molecule has 0 saturated heterocycles. The lowest BCUT2D eigenvalue weighted by molar-refractivity contribution is 0.602. The van der Waals surface area contributed by atoms with Crippen molar-refractivity contribution in [2.24, 2.45) is 0 Å². The van der Waals surface area contributed by atoms with E-state index in [4.69, 9.17) is 23.2 Å². The second-order valence-electron chi connectivity index (χ2n) is 5.23. The van der Waals surface area contributed by atoms with Crippen molar-refractivity contribution in [3.05, 3.63) is 64.8 Å². The first kappa shape index (κ1) is 16.9. The Morgan fingerprint density at radius 1 is 0.833 bits per heavy atom. The Morgan fingerprint density at radius 2 is 1.42 bits per heavy atom. The lowest BCUT2D eigenvalue weighted by Crippen LogP contribution is -1.97. The van der Waals surface area contributed by atoms with Gasteiger partial charge in [0.2, 0.25) is 0 Å². The summed E-state index contributed by atoms with van der Waals surface area (Å²) in [4.78, 5) is 0.251. The molecule has 0 aliphatic rings. The van der Waals surface area contributed by atoms with Gasteiger partial charge in [-0.15, -0.1) is 10.2 Å². The summed E-state index contributed by atoms with van der Waals surface area (Å²) in [6, 6.07) is 15.5. The van der Waals surface area contributed by atoms with Gasteiger partial charge in [-0.2, -0.15) is 0 Å². The third kappa shape index (κ3) is 3.59. The molecule has 0 atom stereocenters. The van der Waals surface area contributed by atoms with E-state index in [0.29, 0.717) is 10.7 Å². The largest absolute Gasteiger partial charge is 0.224 e. The van der Waals surface area contributed by atoms with Crippen LogP contribution in [0.2, 0.25) is 10.2 Å². The van der Waals surface area contributed by atoms with E-state index in [1.165, 1.54) is 6.26 Å². The van der Waals surface area contributed by atoms with Gasteiger partial charge < -0.3 is 0 Å². The number of benzene rings is 2. The fourth-order valence-electron chi connectivity index (χ4n) is 2.29. The lowest BCUT2D eigenvalue weighted by Gasteiger charge is -2.09. The van der Waals surface area contributed by atoms with Gasteiger partial charge in [-0.25, -0.2) is 8.42 Å². The molecule has 0 aliphatic heterocycles. The first-order valence-corrected chi connectivity index (χ1v) is 9.59. The molecule has 0 bridgehead atoms. The van der Waals surface area contributed by atoms with E-state index in [9.17, 15) is 8.42 Å². The molecule has 0 unspecified atom stereocenters. The molecule has 4 nitrogen and oxygen atoms in total. The minimum atomic E-state index is -3.25. The molecule has 24 heavy (non-hydrogen) atoms. The first-order chi connectivity index (χ1) is 11.3. The summed E-state index contributed by atoms with van der Waals surface area (Å²) in [6.45, 7) is 0. The van der Waals surface area contributed by atoms with E-state index in [1.54, 1.807) is 42.5 Å². The Hall–Kier alpha value is -1.95. The lowest BCUT2D eigenvalue weighted by atomic mass is 10.0. The van der Waals surface area contributed by atoms with Crippen molar-refractivity contribution in [1.82, 2.24) is 10.2 Å². The highest BCUT2D eigenvalue weighted by molar-refractivity contribution is 7.90. The predicted molar refractivity (Wildman–Crippen MR) is 96.0 cm³/mol. The third-order valence-electron chi connectivity index (χ3n) is 3.48. The molecule has 7 heteroatoms. The number of sulfone groups is 1. The van der Waals surface area contributed by atoms with E-state index >= 15 is 0 Å². The zero-order chi connectivity index (χ0) is 17.3. The van der Waals surface area contributed by atoms with Crippen LogP contribution in [-0.4, -0.2) is 24.9 Å². The number of aromatic nitrogens is 2. The molecule has 122 valence electrons. The minimum absolute atomic E-state index is 0.251. The van der Waals surface area contributed by atoms with Crippen LogP contribution in [0.5, 0.6) is 0 Å². The topological polar surface area (TPSA) is 59.9 Å². The molecule has 0 aliphatic carbocycles. The van der Waals surface area contributed by atoms with Crippen molar-refractivity contribution in [2.45, 2.75) is 4.90 Å². The monoisotopic (exact) mass is 378 g/mol. The van der Waals surface area contributed by atoms with Gasteiger partial charge in [0.15, 0.2) is 15.0 Å². The molecule has 0 N–H and O–H groups in total. The number of halogens is 2. The van der Waals surface area contributed by atoms with Crippen molar-refractivity contribution < 1.29 is 8.42 Å². The molecule has 1 heterocycles. The van der Waals surface area contributed by atoms with Crippen LogP contribution in [-0.2, 0) is 9.84 Å². The Kier molecular flexibility index (Phi) is 4.58. The molecule has 3 rings (SSSR count). The van der Waals surface area contributed by atoms with E-state index in [1.807, 2.05) is 12.1 Å². The van der Waals surface area contributed by atoms with Crippen LogP contribution in [0.25, 0.3) is 22.4 Å². The molecule has 0 spiro atoms.